The monoisotopic (exact) mass is 487 g/mol. The molecule has 0 unspecified atom stereocenters. The smallest absolute Gasteiger partial charge is 0.154 e. The number of anilines is 2. The molecule has 2 aromatic carbocycles. The van der Waals surface area contributed by atoms with Gasteiger partial charge in [-0.3, -0.25) is 0 Å². The number of nitrogens with one attached hydrogen (secondary N) is 2. The third-order valence-corrected chi connectivity index (χ3v) is 6.20. The van der Waals surface area contributed by atoms with Crippen molar-refractivity contribution in [2.75, 3.05) is 49.6 Å². The second kappa shape index (κ2) is 10.9. The molecule has 180 valence electrons. The van der Waals surface area contributed by atoms with Crippen LogP contribution in [0.1, 0.15) is 12.5 Å². The van der Waals surface area contributed by atoms with Gasteiger partial charge in [0, 0.05) is 49.7 Å². The van der Waals surface area contributed by atoms with Crippen LogP contribution in [0.25, 0.3) is 0 Å². The Bertz CT molecular complexity index is 1100. The van der Waals surface area contributed by atoms with Crippen LogP contribution in [-0.2, 0) is 11.3 Å². The average molecular weight is 488 g/mol. The van der Waals surface area contributed by atoms with E-state index in [0.29, 0.717) is 30.4 Å². The number of aliphatic imine (C=N–C) groups is 1. The van der Waals surface area contributed by atoms with Gasteiger partial charge in [-0.2, -0.15) is 0 Å². The molecule has 0 atom stereocenters. The number of piperazine rings is 1. The van der Waals surface area contributed by atoms with E-state index in [9.17, 15) is 8.78 Å². The predicted octanol–water partition coefficient (Wildman–Crippen LogP) is 4.75. The van der Waals surface area contributed by atoms with E-state index in [1.807, 2.05) is 30.0 Å². The second-order valence-corrected chi connectivity index (χ2v) is 8.41. The number of hydrogen-bond acceptors (Lipinski definition) is 5. The molecule has 9 heteroatoms. The van der Waals surface area contributed by atoms with E-state index in [4.69, 9.17) is 21.3 Å². The van der Waals surface area contributed by atoms with Gasteiger partial charge in [0.2, 0.25) is 0 Å². The van der Waals surface area contributed by atoms with E-state index in [2.05, 4.69) is 34.2 Å². The Kier molecular flexibility index (Phi) is 7.70. The Labute approximate surface area is 203 Å². The van der Waals surface area contributed by atoms with Crippen molar-refractivity contribution in [1.29, 1.82) is 0 Å². The lowest BCUT2D eigenvalue weighted by molar-refractivity contribution is 0.122. The first-order chi connectivity index (χ1) is 16.5. The highest BCUT2D eigenvalue weighted by Crippen LogP contribution is 2.26. The molecule has 2 saturated heterocycles. The summed E-state index contributed by atoms with van der Waals surface area (Å²) in [5.41, 5.74) is 2.72. The molecule has 0 bridgehead atoms. The van der Waals surface area contributed by atoms with Crippen molar-refractivity contribution in [1.82, 2.24) is 10.2 Å². The number of nitrogens with zero attached hydrogens (tertiary/aromatic N) is 3. The maximum atomic E-state index is 14.4. The molecule has 2 heterocycles. The molecule has 0 spiro atoms. The van der Waals surface area contributed by atoms with Crippen LogP contribution >= 0.6 is 11.6 Å². The van der Waals surface area contributed by atoms with Gasteiger partial charge in [0.1, 0.15) is 17.5 Å². The summed E-state index contributed by atoms with van der Waals surface area (Å²) in [6, 6.07) is 10.2. The lowest BCUT2D eigenvalue weighted by Gasteiger charge is -2.33. The summed E-state index contributed by atoms with van der Waals surface area (Å²) in [7, 11) is 0. The molecular weight excluding hydrogens is 460 g/mol. The first-order valence-corrected chi connectivity index (χ1v) is 11.6. The molecule has 6 nitrogen and oxygen atoms in total. The molecule has 0 amide bonds. The summed E-state index contributed by atoms with van der Waals surface area (Å²) in [5, 5.41) is 6.29. The number of amidine groups is 1. The Morgan fingerprint density at radius 3 is 2.56 bits per heavy atom. The lowest BCUT2D eigenvalue weighted by Crippen LogP contribution is -2.46. The van der Waals surface area contributed by atoms with Crippen LogP contribution in [0.2, 0.25) is 5.02 Å². The minimum Gasteiger partial charge on any atom is -0.381 e. The normalized spacial score (nSPS) is 18.3. The fourth-order valence-electron chi connectivity index (χ4n) is 3.92. The molecule has 0 aliphatic carbocycles. The van der Waals surface area contributed by atoms with Gasteiger partial charge in [0.05, 0.1) is 23.9 Å². The summed E-state index contributed by atoms with van der Waals surface area (Å²) in [5.74, 6) is -0.0622. The van der Waals surface area contributed by atoms with E-state index in [-0.39, 0.29) is 17.1 Å². The fourth-order valence-corrected chi connectivity index (χ4v) is 4.13. The van der Waals surface area contributed by atoms with Crippen molar-refractivity contribution in [2.24, 2.45) is 4.99 Å². The average Bonchev–Trinajstić information content (AvgIpc) is 2.86. The SMILES string of the molecule is C=C1NCCN(Cc2c(F)ccc(F)c2Cl)/C1=N/C(=C\C)Nc1ccc(N2CCOCC2)cc1. The van der Waals surface area contributed by atoms with Gasteiger partial charge in [0.15, 0.2) is 5.84 Å². The minimum absolute atomic E-state index is 0.0766. The number of benzene rings is 2. The van der Waals surface area contributed by atoms with Crippen LogP contribution < -0.4 is 15.5 Å². The Morgan fingerprint density at radius 1 is 1.15 bits per heavy atom. The number of halogens is 3. The standard InChI is InChI=1S/C25H28ClF2N5O/c1-3-23(30-18-4-6-19(7-5-18)32-12-14-34-15-13-32)31-25-17(2)29-10-11-33(25)16-20-21(27)8-9-22(28)24(20)26/h3-9,29-30H,2,10-16H2,1H3/b23-3-,31-25+. The highest BCUT2D eigenvalue weighted by atomic mass is 35.5. The van der Waals surface area contributed by atoms with Gasteiger partial charge >= 0.3 is 0 Å². The summed E-state index contributed by atoms with van der Waals surface area (Å²) in [4.78, 5) is 8.88. The zero-order valence-corrected chi connectivity index (χ0v) is 19.8. The van der Waals surface area contributed by atoms with Crippen LogP contribution in [0.5, 0.6) is 0 Å². The summed E-state index contributed by atoms with van der Waals surface area (Å²) in [6.45, 7) is 10.4. The maximum Gasteiger partial charge on any atom is 0.154 e. The van der Waals surface area contributed by atoms with Crippen LogP contribution in [0.3, 0.4) is 0 Å². The molecule has 34 heavy (non-hydrogen) atoms. The van der Waals surface area contributed by atoms with E-state index < -0.39 is 11.6 Å². The number of hydrogen-bond donors (Lipinski definition) is 2. The molecule has 2 fully saturated rings. The van der Waals surface area contributed by atoms with E-state index in [1.54, 1.807) is 0 Å². The van der Waals surface area contributed by atoms with Gasteiger partial charge < -0.3 is 25.2 Å². The first kappa shape index (κ1) is 24.0. The third-order valence-electron chi connectivity index (χ3n) is 5.79. The number of allylic oxidation sites excluding steroid dienone is 1. The summed E-state index contributed by atoms with van der Waals surface area (Å²) in [6.07, 6.45) is 1.85. The van der Waals surface area contributed by atoms with Crippen molar-refractivity contribution in [2.45, 2.75) is 13.5 Å². The summed E-state index contributed by atoms with van der Waals surface area (Å²) >= 11 is 6.06. The Balaban J connectivity index is 1.52. The zero-order valence-electron chi connectivity index (χ0n) is 19.1. The van der Waals surface area contributed by atoms with Crippen LogP contribution in [0.15, 0.2) is 65.6 Å². The highest BCUT2D eigenvalue weighted by Gasteiger charge is 2.23. The van der Waals surface area contributed by atoms with Gasteiger partial charge in [0.25, 0.3) is 0 Å². The van der Waals surface area contributed by atoms with Crippen molar-refractivity contribution in [3.63, 3.8) is 0 Å². The third kappa shape index (κ3) is 5.51. The van der Waals surface area contributed by atoms with E-state index in [0.717, 1.165) is 49.8 Å². The largest absolute Gasteiger partial charge is 0.381 e. The molecule has 2 N–H and O–H groups in total. The van der Waals surface area contributed by atoms with Crippen LogP contribution in [0.4, 0.5) is 20.2 Å². The van der Waals surface area contributed by atoms with E-state index >= 15 is 0 Å². The first-order valence-electron chi connectivity index (χ1n) is 11.2. The lowest BCUT2D eigenvalue weighted by atomic mass is 10.1. The molecular formula is C25H28ClF2N5O. The van der Waals surface area contributed by atoms with Crippen molar-refractivity contribution >= 4 is 28.8 Å². The molecule has 2 aliphatic heterocycles. The van der Waals surface area contributed by atoms with Crippen molar-refractivity contribution < 1.29 is 13.5 Å². The van der Waals surface area contributed by atoms with Crippen LogP contribution in [0, 0.1) is 11.6 Å². The quantitative estimate of drug-likeness (QED) is 0.576. The molecule has 0 saturated carbocycles. The zero-order chi connectivity index (χ0) is 24.1. The molecule has 4 rings (SSSR count). The van der Waals surface area contributed by atoms with Gasteiger partial charge in [-0.05, 0) is 49.4 Å². The molecule has 2 aliphatic rings. The molecule has 2 aromatic rings. The second-order valence-electron chi connectivity index (χ2n) is 8.03. The Hall–Kier alpha value is -3.10. The highest BCUT2D eigenvalue weighted by molar-refractivity contribution is 6.31. The van der Waals surface area contributed by atoms with E-state index in [1.165, 1.54) is 0 Å². The fraction of sp³-hybridized carbons (Fsp3) is 0.320. The van der Waals surface area contributed by atoms with Crippen molar-refractivity contribution in [3.8, 4) is 0 Å². The van der Waals surface area contributed by atoms with Crippen LogP contribution in [-0.4, -0.2) is 50.1 Å². The molecule has 0 radical (unpaired) electrons. The number of rotatable bonds is 6. The number of ether oxygens (including phenoxy) is 1. The van der Waals surface area contributed by atoms with Gasteiger partial charge in [-0.1, -0.05) is 18.2 Å². The topological polar surface area (TPSA) is 52.1 Å². The Morgan fingerprint density at radius 2 is 1.85 bits per heavy atom. The van der Waals surface area contributed by atoms with Crippen molar-refractivity contribution in [3.05, 3.63) is 82.8 Å². The maximum absolute atomic E-state index is 14.4. The predicted molar refractivity (Wildman–Crippen MR) is 133 cm³/mol. The minimum atomic E-state index is -0.651. The molecule has 0 aromatic heterocycles. The number of morpholine rings is 1. The van der Waals surface area contributed by atoms with Gasteiger partial charge in [-0.15, -0.1) is 0 Å². The summed E-state index contributed by atoms with van der Waals surface area (Å²) < 4.78 is 33.8. The van der Waals surface area contributed by atoms with Gasteiger partial charge in [-0.25, -0.2) is 13.8 Å².